The van der Waals surface area contributed by atoms with E-state index >= 15 is 0 Å². The summed E-state index contributed by atoms with van der Waals surface area (Å²) in [6.45, 7) is 15.0. The Morgan fingerprint density at radius 1 is 0.868 bits per heavy atom. The van der Waals surface area contributed by atoms with Crippen LogP contribution in [0, 0.1) is 6.57 Å². The zero-order valence-corrected chi connectivity index (χ0v) is 22.0. The van der Waals surface area contributed by atoms with Crippen LogP contribution < -0.4 is 9.64 Å². The minimum atomic E-state index is 0.00961. The third-order valence-electron chi connectivity index (χ3n) is 6.93. The molecule has 6 nitrogen and oxygen atoms in total. The number of ether oxygens (including phenoxy) is 1. The Hall–Kier alpha value is -4.76. The quantitative estimate of drug-likeness (QED) is 0.235. The Bertz CT molecular complexity index is 1750. The molecule has 6 rings (SSSR count). The fourth-order valence-corrected chi connectivity index (χ4v) is 4.96. The van der Waals surface area contributed by atoms with Crippen molar-refractivity contribution in [3.63, 3.8) is 0 Å². The highest BCUT2D eigenvalue weighted by atomic mass is 16.5. The van der Waals surface area contributed by atoms with Gasteiger partial charge in [-0.15, -0.1) is 0 Å². The second kappa shape index (κ2) is 8.97. The molecule has 3 heterocycles. The van der Waals surface area contributed by atoms with Gasteiger partial charge in [-0.1, -0.05) is 39.0 Å². The first-order chi connectivity index (χ1) is 18.3. The van der Waals surface area contributed by atoms with Crippen LogP contribution in [0.3, 0.4) is 0 Å². The lowest BCUT2D eigenvalue weighted by molar-refractivity contribution is 0.481. The molecule has 0 unspecified atom stereocenters. The Balaban J connectivity index is 1.46. The summed E-state index contributed by atoms with van der Waals surface area (Å²) < 4.78 is 8.59. The molecule has 188 valence electrons. The number of fused-ring (bicyclic) bond motifs is 3. The van der Waals surface area contributed by atoms with E-state index in [2.05, 4.69) is 88.5 Å². The number of benzene rings is 3. The van der Waals surface area contributed by atoms with Crippen molar-refractivity contribution in [1.82, 2.24) is 14.5 Å². The summed E-state index contributed by atoms with van der Waals surface area (Å²) >= 11 is 0. The van der Waals surface area contributed by atoms with Crippen molar-refractivity contribution in [2.45, 2.75) is 26.2 Å². The summed E-state index contributed by atoms with van der Waals surface area (Å²) in [7, 11) is 2.02. The second-order valence-corrected chi connectivity index (χ2v) is 10.7. The molecule has 0 bridgehead atoms. The maximum absolute atomic E-state index is 7.59. The number of rotatable bonds is 4. The first kappa shape index (κ1) is 23.6. The van der Waals surface area contributed by atoms with Crippen molar-refractivity contribution in [3.8, 4) is 17.3 Å². The summed E-state index contributed by atoms with van der Waals surface area (Å²) in [5, 5.41) is 2.30. The highest BCUT2D eigenvalue weighted by Gasteiger charge is 2.18. The fraction of sp³-hybridized carbons (Fsp3) is 0.188. The van der Waals surface area contributed by atoms with Gasteiger partial charge in [-0.05, 0) is 53.4 Å². The van der Waals surface area contributed by atoms with E-state index in [1.165, 1.54) is 10.9 Å². The van der Waals surface area contributed by atoms with Gasteiger partial charge in [0.1, 0.15) is 17.3 Å². The molecule has 6 heteroatoms. The van der Waals surface area contributed by atoms with Gasteiger partial charge in [0.2, 0.25) is 0 Å². The third-order valence-corrected chi connectivity index (χ3v) is 6.93. The van der Waals surface area contributed by atoms with E-state index in [1.807, 2.05) is 43.8 Å². The van der Waals surface area contributed by atoms with E-state index in [1.54, 1.807) is 6.07 Å². The Morgan fingerprint density at radius 2 is 1.68 bits per heavy atom. The van der Waals surface area contributed by atoms with Crippen molar-refractivity contribution < 1.29 is 4.74 Å². The minimum absolute atomic E-state index is 0.00961. The van der Waals surface area contributed by atoms with Crippen molar-refractivity contribution in [3.05, 3.63) is 108 Å². The van der Waals surface area contributed by atoms with Crippen molar-refractivity contribution in [2.24, 2.45) is 0 Å². The molecule has 0 fully saturated rings. The van der Waals surface area contributed by atoms with Crippen LogP contribution in [0.25, 0.3) is 32.5 Å². The molecule has 5 aromatic rings. The highest BCUT2D eigenvalue weighted by molar-refractivity contribution is 6.09. The predicted molar refractivity (Wildman–Crippen MR) is 154 cm³/mol. The predicted octanol–water partition coefficient (Wildman–Crippen LogP) is 8.00. The van der Waals surface area contributed by atoms with Gasteiger partial charge >= 0.3 is 0 Å². The zero-order chi connectivity index (χ0) is 26.4. The molecule has 2 aromatic heterocycles. The van der Waals surface area contributed by atoms with Crippen LogP contribution in [-0.2, 0) is 5.41 Å². The standard InChI is InChI=1S/C32H29N5O/c1-32(2,3)22-12-13-34-31(16-22)37-29-9-7-6-8-27(29)28-11-10-25(20-30(28)37)38-26-18-23(33-4)17-24(19-26)36-15-14-35(5)21-36/h6-20H,21H2,1-3,5H3. The monoisotopic (exact) mass is 499 g/mol. The molecule has 0 N–H and O–H groups in total. The molecule has 0 amide bonds. The summed E-state index contributed by atoms with van der Waals surface area (Å²) in [5.41, 5.74) is 4.82. The van der Waals surface area contributed by atoms with Gasteiger partial charge in [0, 0.05) is 54.2 Å². The number of nitrogens with zero attached hydrogens (tertiary/aromatic N) is 5. The SMILES string of the molecule is [C-]#[N+]c1cc(Oc2ccc3c4ccccc4n(-c4cc(C(C)(C)C)ccn4)c3c2)cc(N2C=CN(C)C2)c1. The molecular weight excluding hydrogens is 470 g/mol. The van der Waals surface area contributed by atoms with E-state index in [4.69, 9.17) is 16.3 Å². The van der Waals surface area contributed by atoms with Crippen LogP contribution in [0.2, 0.25) is 0 Å². The van der Waals surface area contributed by atoms with E-state index in [0.717, 1.165) is 34.6 Å². The Labute approximate surface area is 222 Å². The van der Waals surface area contributed by atoms with Crippen molar-refractivity contribution in [2.75, 3.05) is 18.6 Å². The maximum Gasteiger partial charge on any atom is 0.192 e. The van der Waals surface area contributed by atoms with Crippen molar-refractivity contribution in [1.29, 1.82) is 0 Å². The van der Waals surface area contributed by atoms with Crippen molar-refractivity contribution >= 4 is 33.2 Å². The van der Waals surface area contributed by atoms with Gasteiger partial charge < -0.3 is 14.5 Å². The number of hydrogen-bond acceptors (Lipinski definition) is 4. The number of para-hydroxylation sites is 1. The molecule has 0 atom stereocenters. The lowest BCUT2D eigenvalue weighted by Gasteiger charge is -2.20. The number of anilines is 1. The van der Waals surface area contributed by atoms with Gasteiger partial charge in [0.05, 0.1) is 24.3 Å². The third kappa shape index (κ3) is 4.22. The Morgan fingerprint density at radius 3 is 2.45 bits per heavy atom. The average Bonchev–Trinajstić information content (AvgIpc) is 3.49. The van der Waals surface area contributed by atoms with E-state index in [-0.39, 0.29) is 5.41 Å². The fourth-order valence-electron chi connectivity index (χ4n) is 4.96. The molecule has 0 radical (unpaired) electrons. The molecular formula is C32H29N5O. The second-order valence-electron chi connectivity index (χ2n) is 10.7. The van der Waals surface area contributed by atoms with Gasteiger partial charge in [-0.25, -0.2) is 9.83 Å². The van der Waals surface area contributed by atoms with Crippen LogP contribution in [0.1, 0.15) is 26.3 Å². The maximum atomic E-state index is 7.59. The molecule has 0 aliphatic carbocycles. The molecule has 38 heavy (non-hydrogen) atoms. The van der Waals surface area contributed by atoms with Gasteiger partial charge in [0.15, 0.2) is 5.69 Å². The van der Waals surface area contributed by atoms with Crippen LogP contribution in [0.15, 0.2) is 91.4 Å². The normalized spacial score (nSPS) is 13.4. The molecule has 1 aliphatic heterocycles. The van der Waals surface area contributed by atoms with Gasteiger partial charge in [0.25, 0.3) is 0 Å². The topological polar surface area (TPSA) is 37.9 Å². The summed E-state index contributed by atoms with van der Waals surface area (Å²) in [6, 6.07) is 24.5. The van der Waals surface area contributed by atoms with Gasteiger partial charge in [-0.3, -0.25) is 4.57 Å². The Kier molecular flexibility index (Phi) is 5.57. The number of hydrogen-bond donors (Lipinski definition) is 0. The van der Waals surface area contributed by atoms with E-state index in [9.17, 15) is 0 Å². The van der Waals surface area contributed by atoms with Crippen LogP contribution >= 0.6 is 0 Å². The first-order valence-corrected chi connectivity index (χ1v) is 12.7. The van der Waals surface area contributed by atoms with E-state index < -0.39 is 0 Å². The average molecular weight is 500 g/mol. The lowest BCUT2D eigenvalue weighted by atomic mass is 9.88. The summed E-state index contributed by atoms with van der Waals surface area (Å²) in [4.78, 5) is 12.6. The van der Waals surface area contributed by atoms with E-state index in [0.29, 0.717) is 17.2 Å². The lowest BCUT2D eigenvalue weighted by Crippen LogP contribution is -2.21. The minimum Gasteiger partial charge on any atom is -0.459 e. The zero-order valence-electron chi connectivity index (χ0n) is 22.0. The molecule has 3 aromatic carbocycles. The molecule has 0 saturated heterocycles. The van der Waals surface area contributed by atoms with Gasteiger partial charge in [-0.2, -0.15) is 0 Å². The van der Waals surface area contributed by atoms with Crippen LogP contribution in [0.5, 0.6) is 11.5 Å². The van der Waals surface area contributed by atoms with Crippen LogP contribution in [-0.4, -0.2) is 28.2 Å². The smallest absolute Gasteiger partial charge is 0.192 e. The first-order valence-electron chi connectivity index (χ1n) is 12.7. The number of pyridine rings is 1. The highest BCUT2D eigenvalue weighted by Crippen LogP contribution is 2.37. The molecule has 1 aliphatic rings. The number of aromatic nitrogens is 2. The molecule has 0 spiro atoms. The molecule has 0 saturated carbocycles. The summed E-state index contributed by atoms with van der Waals surface area (Å²) in [5.74, 6) is 2.21. The van der Waals surface area contributed by atoms with Crippen LogP contribution in [0.4, 0.5) is 11.4 Å². The largest absolute Gasteiger partial charge is 0.459 e. The summed E-state index contributed by atoms with van der Waals surface area (Å²) in [6.07, 6.45) is 5.91.